The van der Waals surface area contributed by atoms with Crippen molar-refractivity contribution in [2.45, 2.75) is 291 Å². The number of thioether (sulfide) groups is 8. The molecule has 0 aromatic carbocycles. The summed E-state index contributed by atoms with van der Waals surface area (Å²) in [7, 11) is 0. The molecule has 16 bridgehead atoms. The van der Waals surface area contributed by atoms with Crippen molar-refractivity contribution in [1.82, 2.24) is 0 Å². The quantitative estimate of drug-likeness (QED) is 0.0201. The number of carbonyl (C=O) groups excluding carboxylic acids is 8. The molecule has 730 valence electrons. The molecule has 30 aliphatic rings. The van der Waals surface area contributed by atoms with Gasteiger partial charge in [0.15, 0.2) is 50.3 Å². The van der Waals surface area contributed by atoms with E-state index in [0.717, 1.165) is 82.3 Å². The van der Waals surface area contributed by atoms with E-state index in [-0.39, 0.29) is 277 Å². The van der Waals surface area contributed by atoms with Gasteiger partial charge in [-0.3, -0.25) is 0 Å². The molecule has 30 heterocycles. The molecule has 0 aliphatic carbocycles. The van der Waals surface area contributed by atoms with Crippen molar-refractivity contribution in [2.75, 3.05) is 92.0 Å². The Balaban J connectivity index is 0.0000114. The Hall–Kier alpha value is 5.28. The first-order chi connectivity index (χ1) is 60.2. The molecule has 0 radical (unpaired) electrons. The molecule has 135 heavy (non-hydrogen) atoms. The third kappa shape index (κ3) is 41.2. The van der Waals surface area contributed by atoms with Crippen LogP contribution in [0.15, 0.2) is 0 Å². The summed E-state index contributed by atoms with van der Waals surface area (Å²) in [5, 5.41) is 288. The van der Waals surface area contributed by atoms with E-state index in [4.69, 9.17) is 75.8 Å². The first-order valence-electron chi connectivity index (χ1n) is 39.8. The number of rotatable bonds is 39. The van der Waals surface area contributed by atoms with Crippen LogP contribution in [0.4, 0.5) is 0 Å². The Morgan fingerprint density at radius 2 is 0.281 bits per heavy atom. The molecule has 16 N–H and O–H groups in total. The van der Waals surface area contributed by atoms with Crippen molar-refractivity contribution in [2.24, 2.45) is 0 Å². The van der Waals surface area contributed by atoms with Crippen LogP contribution in [0.1, 0.15) is 44.9 Å². The molecule has 40 atom stereocenters. The van der Waals surface area contributed by atoms with E-state index >= 15 is 0 Å². The van der Waals surface area contributed by atoms with Gasteiger partial charge in [0, 0.05) is 93.6 Å². The van der Waals surface area contributed by atoms with Crippen molar-refractivity contribution in [1.29, 1.82) is 0 Å². The molecule has 0 aromatic heterocycles. The van der Waals surface area contributed by atoms with Crippen LogP contribution < -0.4 is 277 Å². The first kappa shape index (κ1) is 138. The Labute approximate surface area is 984 Å². The average molecular weight is 2160 g/mol. The van der Waals surface area contributed by atoms with Gasteiger partial charge in [0.1, 0.15) is 146 Å². The molecule has 30 rings (SSSR count). The van der Waals surface area contributed by atoms with Crippen molar-refractivity contribution < 1.29 is 473 Å². The summed E-state index contributed by atoms with van der Waals surface area (Å²) in [5.74, 6) is -18.5. The summed E-state index contributed by atoms with van der Waals surface area (Å²) in [6.07, 6.45) is -88.5. The molecule has 0 saturated carbocycles. The van der Waals surface area contributed by atoms with Crippen LogP contribution in [-0.2, 0) is 114 Å². The fraction of sp³-hybridized carbons (Fsp3) is 0.887. The van der Waals surface area contributed by atoms with Crippen LogP contribution in [0.2, 0.25) is 0 Å². The van der Waals surface area contributed by atoms with Crippen LogP contribution >= 0.6 is 94.1 Å². The molecule has 0 unspecified atom stereocenters. The molecule has 30 saturated heterocycles. The van der Waals surface area contributed by atoms with Crippen LogP contribution in [-0.4, -0.2) is 467 Å². The Kier molecular flexibility index (Phi) is 70.8. The van der Waals surface area contributed by atoms with E-state index < -0.39 is 390 Å². The Morgan fingerprint density at radius 3 is 0.385 bits per heavy atom. The molecule has 0 spiro atoms. The van der Waals surface area contributed by atoms with Crippen molar-refractivity contribution in [3.05, 3.63) is 0 Å². The SMILES string of the molecule is O=C([O-])CCSC[C@H]1O[C@@H]2O[C@H]3[C@H](O)[C@@H](O)[C@@H](O[C@H]4[C@H](O)[C@@H](O)[C@@H](O[C@H]5[C@H](O)[C@@H](O)[C@@H](O[C@H]6[C@H](O)[C@@H](O)[C@@H](O[C@H]7[C@H](O)[C@@H](O)[C@@H](O[C@H]8[C@H](O)[C@@H](O)[C@@H](O[C@H]9[C@H](O)[C@@H](O)[C@@H](O[C@H]1[C@H](O)[C@H]2O)O[C@@H]9CSCCC(=O)[O-])O[C@@H]8CSCCC(=O)[O-])O[C@@H]7CSCCC(=O)[O-])O[C@@H]6CSCC(=O)[O-])O[C@@H]5CSCCC(=O)[O-])O[C@@H]4CSCCC(=O)[O-])O[C@@H]3CSCCC(=O)[O-].[Na+].[Na+].[Na+].[Na+].[Na+].[Na+].[Na+].[Na+]. The zero-order chi connectivity index (χ0) is 92.9. The zero-order valence-electron chi connectivity index (χ0n) is 74.8. The summed E-state index contributed by atoms with van der Waals surface area (Å²) in [4.78, 5) is 93.5. The predicted molar refractivity (Wildman–Crippen MR) is 415 cm³/mol. The summed E-state index contributed by atoms with van der Waals surface area (Å²) < 4.78 is 99.2. The second-order valence-electron chi connectivity index (χ2n) is 30.3. The Morgan fingerprint density at radius 1 is 0.170 bits per heavy atom. The van der Waals surface area contributed by atoms with Gasteiger partial charge in [-0.25, -0.2) is 0 Å². The topological polar surface area (TPSA) is 792 Å². The van der Waals surface area contributed by atoms with Gasteiger partial charge in [0.25, 0.3) is 0 Å². The van der Waals surface area contributed by atoms with Gasteiger partial charge in [-0.15, -0.1) is 0 Å². The van der Waals surface area contributed by atoms with Gasteiger partial charge in [-0.1, -0.05) is 0 Å². The van der Waals surface area contributed by atoms with E-state index in [1.165, 1.54) is 0 Å². The number of carboxylic acids is 8. The van der Waals surface area contributed by atoms with Crippen LogP contribution in [0.25, 0.3) is 0 Å². The number of aliphatic hydroxyl groups is 16. The van der Waals surface area contributed by atoms with Crippen LogP contribution in [0.5, 0.6) is 0 Å². The molecule has 64 heteroatoms. The van der Waals surface area contributed by atoms with Gasteiger partial charge < -0.3 is 237 Å². The second kappa shape index (κ2) is 69.1. The Bertz CT molecular complexity index is 3350. The standard InChI is InChI=1S/C71H110O48S8.8Na/c72-32(73)1-8-120-15-24-56-40(88)48(96)64(104-24)113-57-25(16-121-9-2-33(74)75)106-66(50(98)42(57)90)115-59-27(18-123-11-4-35(78)79)108-68(52(100)44(59)92)117-61-29(20-125-13-6-37(82)83)110-70(54(102)46(61)94)119-63-31(22-127-23-39(86)87)111-71(55(103)47(63)95)118-62-30(21-126-14-7-38(84)85)109-69(53(101)45(62)93)116-60-28(19-124-12-5-36(80)81)107-67(51(99)43(60)91)114-58-26(17-122-10-3-34(76)77)105-65(112-56)49(97)41(58)89;;;;;;;;/h24-31,40-71,88-103H,1-23H2,(H,72,73)(H,74,75)(H,76,77)(H,78,79)(H,80,81)(H,82,83)(H,84,85)(H,86,87);;;;;;;;/q;8*+1/p-8/t24-,25-,26-,27-,28-,29-,30-,31-,40-,41-,42-,43-,44-,45-,46-,47-,48-,49-,50-,51-,52-,53-,54-,55-,56-,57-,58-,59-,60-,61-,62-,63-,64-,65-,66-,67-,68-,69-,70-,71-;;;;;;;;/m1......../s1. The first-order valence-corrected chi connectivity index (χ1v) is 49.1. The number of aliphatic carboxylic acids is 8. The summed E-state index contributed by atoms with van der Waals surface area (Å²) >= 11 is 6.26. The summed E-state index contributed by atoms with van der Waals surface area (Å²) in [6, 6.07) is 0. The van der Waals surface area contributed by atoms with Crippen molar-refractivity contribution in [3.8, 4) is 0 Å². The maximum absolute atomic E-state index is 12.2. The summed E-state index contributed by atoms with van der Waals surface area (Å²) in [5.41, 5.74) is 0. The minimum atomic E-state index is -2.39. The number of hydrogen-bond acceptors (Lipinski definition) is 56. The smallest absolute Gasteiger partial charge is 0.550 e. The number of aliphatic hydroxyl groups excluding tert-OH is 16. The van der Waals surface area contributed by atoms with E-state index in [2.05, 4.69) is 0 Å². The minimum absolute atomic E-state index is 0. The number of carbonyl (C=O) groups is 8. The molecule has 30 fully saturated rings. The normalized spacial score (nSPS) is 39.3. The molecule has 30 aliphatic heterocycles. The number of carboxylic acid groups (broad SMARTS) is 8. The molecular formula is C71H102Na8O48S8. The van der Waals surface area contributed by atoms with Gasteiger partial charge >= 0.3 is 236 Å². The molecular weight excluding hydrogens is 2060 g/mol. The minimum Gasteiger partial charge on any atom is -0.550 e. The van der Waals surface area contributed by atoms with Gasteiger partial charge in [-0.2, -0.15) is 94.1 Å². The van der Waals surface area contributed by atoms with Gasteiger partial charge in [0.05, 0.1) is 54.8 Å². The predicted octanol–water partition coefficient (Wildman–Crippen LogP) is -42.7. The largest absolute Gasteiger partial charge is 1.00 e. The number of hydrogen-bond donors (Lipinski definition) is 16. The van der Waals surface area contributed by atoms with Crippen LogP contribution in [0.3, 0.4) is 0 Å². The summed E-state index contributed by atoms with van der Waals surface area (Å²) in [6.45, 7) is 0. The van der Waals surface area contributed by atoms with Crippen molar-refractivity contribution in [3.63, 3.8) is 0 Å². The van der Waals surface area contributed by atoms with Gasteiger partial charge in [0.2, 0.25) is 0 Å². The third-order valence-electron chi connectivity index (χ3n) is 21.1. The molecule has 0 aromatic rings. The monoisotopic (exact) mass is 2160 g/mol. The van der Waals surface area contributed by atoms with E-state index in [1.807, 2.05) is 0 Å². The maximum atomic E-state index is 12.2. The maximum Gasteiger partial charge on any atom is 1.00 e. The molecule has 48 nitrogen and oxygen atoms in total. The third-order valence-corrected chi connectivity index (χ3v) is 29.5. The fourth-order valence-electron chi connectivity index (χ4n) is 14.5. The van der Waals surface area contributed by atoms with E-state index in [9.17, 15) is 161 Å². The average Bonchev–Trinajstić information content (AvgIpc) is 0.769. The molecule has 0 amide bonds. The fourth-order valence-corrected chi connectivity index (χ4v) is 22.2. The van der Waals surface area contributed by atoms with Gasteiger partial charge in [-0.05, 0) is 85.2 Å². The van der Waals surface area contributed by atoms with Crippen LogP contribution in [0, 0.1) is 0 Å². The van der Waals surface area contributed by atoms with E-state index in [1.54, 1.807) is 0 Å². The van der Waals surface area contributed by atoms with Crippen molar-refractivity contribution >= 4 is 142 Å². The zero-order valence-corrected chi connectivity index (χ0v) is 97.4. The number of ether oxygens (including phenoxy) is 16. The second-order valence-corrected chi connectivity index (χ2v) is 39.3. The van der Waals surface area contributed by atoms with E-state index in [0.29, 0.717) is 11.8 Å².